The number of hydrogen-bond donors (Lipinski definition) is 0. The van der Waals surface area contributed by atoms with Crippen molar-refractivity contribution in [2.45, 2.75) is 32.0 Å². The monoisotopic (exact) mass is 373 g/mol. The highest BCUT2D eigenvalue weighted by atomic mass is 15.3. The molecule has 5 nitrogen and oxygen atoms in total. The van der Waals surface area contributed by atoms with Crippen LogP contribution in [0.5, 0.6) is 0 Å². The van der Waals surface area contributed by atoms with Crippen LogP contribution in [0.1, 0.15) is 24.0 Å². The Bertz CT molecular complexity index is 892. The van der Waals surface area contributed by atoms with E-state index in [2.05, 4.69) is 62.5 Å². The lowest BCUT2D eigenvalue weighted by Gasteiger charge is -2.35. The van der Waals surface area contributed by atoms with Crippen LogP contribution in [0.3, 0.4) is 0 Å². The second-order valence-electron chi connectivity index (χ2n) is 8.20. The van der Waals surface area contributed by atoms with E-state index in [0.717, 1.165) is 31.2 Å². The summed E-state index contributed by atoms with van der Waals surface area (Å²) in [7, 11) is 0. The van der Waals surface area contributed by atoms with Crippen LogP contribution in [0.4, 0.5) is 0 Å². The van der Waals surface area contributed by atoms with Gasteiger partial charge in [-0.25, -0.2) is 4.68 Å². The summed E-state index contributed by atoms with van der Waals surface area (Å²) < 4.78 is 1.99. The van der Waals surface area contributed by atoms with Crippen molar-refractivity contribution in [2.24, 2.45) is 5.92 Å². The number of rotatable bonds is 5. The van der Waals surface area contributed by atoms with E-state index in [1.165, 1.54) is 37.1 Å². The predicted octanol–water partition coefficient (Wildman–Crippen LogP) is 3.36. The van der Waals surface area contributed by atoms with Crippen molar-refractivity contribution < 1.29 is 0 Å². The molecule has 5 heterocycles. The number of piperidine rings is 1. The highest BCUT2D eigenvalue weighted by molar-refractivity contribution is 5.30. The third-order valence-corrected chi connectivity index (χ3v) is 6.10. The molecule has 0 unspecified atom stereocenters. The summed E-state index contributed by atoms with van der Waals surface area (Å²) in [4.78, 5) is 9.48. The van der Waals surface area contributed by atoms with Crippen LogP contribution in [0.15, 0.2) is 67.3 Å². The Kier molecular flexibility index (Phi) is 4.93. The summed E-state index contributed by atoms with van der Waals surface area (Å²) in [5, 5.41) is 4.58. The fourth-order valence-corrected chi connectivity index (χ4v) is 4.74. The van der Waals surface area contributed by atoms with Crippen molar-refractivity contribution in [1.29, 1.82) is 0 Å². The zero-order chi connectivity index (χ0) is 18.8. The second-order valence-corrected chi connectivity index (χ2v) is 8.20. The standard InChI is InChI=1S/C23H27N5/c1-2-4-22(5-3-1)28-17-21(12-25-28)16-27-15-20-6-7-23(27)18-26(14-20)13-19-8-10-24-11-9-19/h1-5,8-12,17,20,23H,6-7,13-16,18H2/t20-,23+/m0/s1. The molecule has 5 heteroatoms. The number of para-hydroxylation sites is 1. The van der Waals surface area contributed by atoms with Crippen molar-refractivity contribution >= 4 is 0 Å². The van der Waals surface area contributed by atoms with Crippen molar-refractivity contribution in [1.82, 2.24) is 24.6 Å². The largest absolute Gasteiger partial charge is 0.297 e. The summed E-state index contributed by atoms with van der Waals surface area (Å²) in [5.74, 6) is 0.768. The molecule has 3 aliphatic rings. The molecule has 0 radical (unpaired) electrons. The van der Waals surface area contributed by atoms with E-state index in [9.17, 15) is 0 Å². The van der Waals surface area contributed by atoms with E-state index in [1.54, 1.807) is 0 Å². The zero-order valence-electron chi connectivity index (χ0n) is 16.2. The Hall–Kier alpha value is -2.50. The summed E-state index contributed by atoms with van der Waals surface area (Å²) >= 11 is 0. The first-order valence-corrected chi connectivity index (χ1v) is 10.3. The van der Waals surface area contributed by atoms with Gasteiger partial charge in [-0.05, 0) is 48.6 Å². The van der Waals surface area contributed by atoms with Crippen LogP contribution in [0, 0.1) is 5.92 Å². The molecule has 2 aromatic heterocycles. The minimum absolute atomic E-state index is 0.640. The van der Waals surface area contributed by atoms with Crippen molar-refractivity contribution in [3.8, 4) is 5.69 Å². The zero-order valence-corrected chi connectivity index (χ0v) is 16.2. The lowest BCUT2D eigenvalue weighted by atomic mass is 9.95. The maximum absolute atomic E-state index is 4.58. The molecular formula is C23H27N5. The molecular weight excluding hydrogens is 346 g/mol. The number of benzene rings is 1. The van der Waals surface area contributed by atoms with E-state index in [-0.39, 0.29) is 0 Å². The molecule has 0 spiro atoms. The van der Waals surface area contributed by atoms with Crippen LogP contribution in [0.25, 0.3) is 5.69 Å². The van der Waals surface area contributed by atoms with Gasteiger partial charge in [0.15, 0.2) is 0 Å². The van der Waals surface area contributed by atoms with Gasteiger partial charge in [0, 0.05) is 62.9 Å². The number of hydrogen-bond acceptors (Lipinski definition) is 4. The molecule has 1 aromatic carbocycles. The molecule has 144 valence electrons. The average molecular weight is 374 g/mol. The molecule has 2 atom stereocenters. The Balaban J connectivity index is 1.26. The average Bonchev–Trinajstić information content (AvgIpc) is 3.03. The summed E-state index contributed by atoms with van der Waals surface area (Å²) in [5.41, 5.74) is 3.79. The topological polar surface area (TPSA) is 37.2 Å². The van der Waals surface area contributed by atoms with Gasteiger partial charge in [0.25, 0.3) is 0 Å². The third kappa shape index (κ3) is 3.86. The van der Waals surface area contributed by atoms with Gasteiger partial charge in [0.05, 0.1) is 11.9 Å². The molecule has 3 aromatic rings. The van der Waals surface area contributed by atoms with Gasteiger partial charge >= 0.3 is 0 Å². The maximum Gasteiger partial charge on any atom is 0.0645 e. The smallest absolute Gasteiger partial charge is 0.0645 e. The van der Waals surface area contributed by atoms with Crippen molar-refractivity contribution in [3.63, 3.8) is 0 Å². The van der Waals surface area contributed by atoms with Gasteiger partial charge < -0.3 is 0 Å². The van der Waals surface area contributed by atoms with E-state index in [4.69, 9.17) is 0 Å². The first kappa shape index (κ1) is 17.6. The Morgan fingerprint density at radius 1 is 0.857 bits per heavy atom. The van der Waals surface area contributed by atoms with Crippen molar-refractivity contribution in [2.75, 3.05) is 19.6 Å². The summed E-state index contributed by atoms with van der Waals surface area (Å²) in [6.07, 6.45) is 10.7. The molecule has 28 heavy (non-hydrogen) atoms. The molecule has 3 saturated heterocycles. The van der Waals surface area contributed by atoms with Gasteiger partial charge in [0.1, 0.15) is 0 Å². The van der Waals surface area contributed by atoms with Gasteiger partial charge in [-0.2, -0.15) is 5.10 Å². The first-order valence-electron chi connectivity index (χ1n) is 10.3. The van der Waals surface area contributed by atoms with Crippen LogP contribution in [-0.4, -0.2) is 50.2 Å². The van der Waals surface area contributed by atoms with E-state index >= 15 is 0 Å². The van der Waals surface area contributed by atoms with Crippen LogP contribution < -0.4 is 0 Å². The molecule has 0 N–H and O–H groups in total. The quantitative estimate of drug-likeness (QED) is 0.687. The predicted molar refractivity (Wildman–Crippen MR) is 110 cm³/mol. The van der Waals surface area contributed by atoms with Gasteiger partial charge in [-0.15, -0.1) is 0 Å². The van der Waals surface area contributed by atoms with Crippen LogP contribution in [-0.2, 0) is 13.1 Å². The third-order valence-electron chi connectivity index (χ3n) is 6.10. The fourth-order valence-electron chi connectivity index (χ4n) is 4.74. The molecule has 3 aliphatic heterocycles. The number of fused-ring (bicyclic) bond motifs is 4. The maximum atomic E-state index is 4.58. The fraction of sp³-hybridized carbons (Fsp3) is 0.391. The lowest BCUT2D eigenvalue weighted by molar-refractivity contribution is 0.123. The van der Waals surface area contributed by atoms with Crippen molar-refractivity contribution in [3.05, 3.63) is 78.4 Å². The SMILES string of the molecule is c1ccc(-n2cc(CN3C[C@H]4CC[C@@H]3CN(Cc3ccncc3)C4)cn2)cc1. The van der Waals surface area contributed by atoms with Gasteiger partial charge in [-0.3, -0.25) is 14.8 Å². The molecule has 2 bridgehead atoms. The Morgan fingerprint density at radius 2 is 1.71 bits per heavy atom. The summed E-state index contributed by atoms with van der Waals surface area (Å²) in [6, 6.07) is 15.3. The molecule has 3 fully saturated rings. The minimum atomic E-state index is 0.640. The van der Waals surface area contributed by atoms with E-state index in [1.807, 2.05) is 29.3 Å². The minimum Gasteiger partial charge on any atom is -0.297 e. The molecule has 0 aliphatic carbocycles. The first-order chi connectivity index (χ1) is 13.8. The van der Waals surface area contributed by atoms with Crippen LogP contribution >= 0.6 is 0 Å². The highest BCUT2D eigenvalue weighted by Crippen LogP contribution is 2.30. The van der Waals surface area contributed by atoms with E-state index in [0.29, 0.717) is 6.04 Å². The Morgan fingerprint density at radius 3 is 2.57 bits per heavy atom. The summed E-state index contributed by atoms with van der Waals surface area (Å²) in [6.45, 7) is 5.60. The number of nitrogens with zero attached hydrogens (tertiary/aromatic N) is 5. The van der Waals surface area contributed by atoms with E-state index < -0.39 is 0 Å². The highest BCUT2D eigenvalue weighted by Gasteiger charge is 2.34. The normalized spacial score (nSPS) is 23.0. The molecule has 6 rings (SSSR count). The van der Waals surface area contributed by atoms with Crippen LogP contribution in [0.2, 0.25) is 0 Å². The Labute approximate surface area is 166 Å². The molecule has 0 amide bonds. The molecule has 0 saturated carbocycles. The van der Waals surface area contributed by atoms with Gasteiger partial charge in [-0.1, -0.05) is 18.2 Å². The second kappa shape index (κ2) is 7.86. The lowest BCUT2D eigenvalue weighted by Crippen LogP contribution is -2.43. The number of aromatic nitrogens is 3. The van der Waals surface area contributed by atoms with Gasteiger partial charge in [0.2, 0.25) is 0 Å². The number of pyridine rings is 1.